The lowest BCUT2D eigenvalue weighted by Crippen LogP contribution is -2.39. The Morgan fingerprint density at radius 1 is 1.31 bits per heavy atom. The Bertz CT molecular complexity index is 206. The smallest absolute Gasteiger partial charge is 0.301 e. The molecule has 0 spiro atoms. The van der Waals surface area contributed by atoms with E-state index >= 15 is 0 Å². The molecule has 0 aromatic heterocycles. The highest BCUT2D eigenvalue weighted by molar-refractivity contribution is 4.80. The summed E-state index contributed by atoms with van der Waals surface area (Å²) >= 11 is 0. The van der Waals surface area contributed by atoms with Crippen LogP contribution < -0.4 is 5.48 Å². The van der Waals surface area contributed by atoms with Crippen LogP contribution in [0.15, 0.2) is 0 Å². The molecule has 1 rings (SSSR count). The van der Waals surface area contributed by atoms with Crippen molar-refractivity contribution in [2.24, 2.45) is 11.8 Å². The zero-order chi connectivity index (χ0) is 12.2. The van der Waals surface area contributed by atoms with Crippen molar-refractivity contribution in [3.05, 3.63) is 0 Å². The van der Waals surface area contributed by atoms with Gasteiger partial charge in [-0.05, 0) is 25.2 Å². The molecule has 5 heteroatoms. The second kappa shape index (κ2) is 5.87. The summed E-state index contributed by atoms with van der Waals surface area (Å²) in [6.45, 7) is 4.54. The molecule has 2 nitrogen and oxygen atoms in total. The van der Waals surface area contributed by atoms with Gasteiger partial charge in [-0.15, -0.1) is 0 Å². The lowest BCUT2D eigenvalue weighted by atomic mass is 9.86. The van der Waals surface area contributed by atoms with Crippen LogP contribution in [0.25, 0.3) is 0 Å². The molecule has 0 heterocycles. The molecule has 2 atom stereocenters. The Morgan fingerprint density at radius 3 is 2.56 bits per heavy atom. The number of hydroxylamine groups is 1. The van der Waals surface area contributed by atoms with Crippen molar-refractivity contribution in [2.75, 3.05) is 6.61 Å². The van der Waals surface area contributed by atoms with Crippen LogP contribution >= 0.6 is 0 Å². The third-order valence-corrected chi connectivity index (χ3v) is 2.80. The fourth-order valence-electron chi connectivity index (χ4n) is 1.93. The highest BCUT2D eigenvalue weighted by Crippen LogP contribution is 2.37. The molecule has 0 aliphatic heterocycles. The number of halogens is 3. The SMILES string of the molecule is CC(C)CONC1CCCC(C(F)(F)F)C1. The van der Waals surface area contributed by atoms with Crippen molar-refractivity contribution in [3.8, 4) is 0 Å². The quantitative estimate of drug-likeness (QED) is 0.760. The first-order valence-electron chi connectivity index (χ1n) is 5.83. The maximum atomic E-state index is 12.5. The topological polar surface area (TPSA) is 21.3 Å². The minimum absolute atomic E-state index is 0.140. The normalized spacial score (nSPS) is 27.4. The summed E-state index contributed by atoms with van der Waals surface area (Å²) in [6, 6.07) is -0.154. The van der Waals surface area contributed by atoms with Gasteiger partial charge in [-0.2, -0.15) is 18.7 Å². The van der Waals surface area contributed by atoms with Gasteiger partial charge in [-0.25, -0.2) is 0 Å². The molecule has 0 bridgehead atoms. The van der Waals surface area contributed by atoms with Crippen molar-refractivity contribution in [2.45, 2.75) is 51.7 Å². The van der Waals surface area contributed by atoms with Crippen LogP contribution in [-0.4, -0.2) is 18.8 Å². The van der Waals surface area contributed by atoms with E-state index in [2.05, 4.69) is 5.48 Å². The zero-order valence-corrected chi connectivity index (χ0v) is 9.81. The van der Waals surface area contributed by atoms with Gasteiger partial charge in [0.15, 0.2) is 0 Å². The fraction of sp³-hybridized carbons (Fsp3) is 1.00. The van der Waals surface area contributed by atoms with E-state index in [4.69, 9.17) is 4.84 Å². The third-order valence-electron chi connectivity index (χ3n) is 2.80. The number of hydrogen-bond donors (Lipinski definition) is 1. The molecule has 0 amide bonds. The van der Waals surface area contributed by atoms with Gasteiger partial charge in [0.1, 0.15) is 0 Å². The van der Waals surface area contributed by atoms with Crippen LogP contribution in [0.3, 0.4) is 0 Å². The number of rotatable bonds is 4. The van der Waals surface area contributed by atoms with Gasteiger partial charge in [0, 0.05) is 6.04 Å². The summed E-state index contributed by atoms with van der Waals surface area (Å²) < 4.78 is 37.5. The average Bonchev–Trinajstić information content (AvgIpc) is 2.16. The zero-order valence-electron chi connectivity index (χ0n) is 9.81. The first-order chi connectivity index (χ1) is 7.39. The summed E-state index contributed by atoms with van der Waals surface area (Å²) in [4.78, 5) is 5.18. The molecule has 0 aromatic rings. The maximum absolute atomic E-state index is 12.5. The van der Waals surface area contributed by atoms with E-state index in [-0.39, 0.29) is 18.9 Å². The van der Waals surface area contributed by atoms with Gasteiger partial charge in [0.05, 0.1) is 12.5 Å². The summed E-state index contributed by atoms with van der Waals surface area (Å²) in [5.41, 5.74) is 2.76. The van der Waals surface area contributed by atoms with Gasteiger partial charge in [0.2, 0.25) is 0 Å². The standard InChI is InChI=1S/C11H20F3NO/c1-8(2)7-16-15-10-5-3-4-9(6-10)11(12,13)14/h8-10,15H,3-7H2,1-2H3. The van der Waals surface area contributed by atoms with Crippen LogP contribution in [0.1, 0.15) is 39.5 Å². The Morgan fingerprint density at radius 2 is 2.00 bits per heavy atom. The van der Waals surface area contributed by atoms with Gasteiger partial charge in [-0.3, -0.25) is 0 Å². The molecule has 0 saturated heterocycles. The van der Waals surface area contributed by atoms with E-state index in [1.165, 1.54) is 0 Å². The Labute approximate surface area is 94.5 Å². The average molecular weight is 239 g/mol. The Kier molecular flexibility index (Phi) is 5.05. The molecule has 1 fully saturated rings. The van der Waals surface area contributed by atoms with Gasteiger partial charge < -0.3 is 4.84 Å². The predicted molar refractivity (Wildman–Crippen MR) is 55.7 cm³/mol. The van der Waals surface area contributed by atoms with E-state index in [0.717, 1.165) is 6.42 Å². The minimum atomic E-state index is -4.06. The van der Waals surface area contributed by atoms with E-state index in [1.807, 2.05) is 13.8 Å². The van der Waals surface area contributed by atoms with Crippen LogP contribution in [0, 0.1) is 11.8 Å². The van der Waals surface area contributed by atoms with Gasteiger partial charge in [-0.1, -0.05) is 20.3 Å². The molecular weight excluding hydrogens is 219 g/mol. The molecule has 1 aliphatic carbocycles. The Balaban J connectivity index is 2.28. The molecule has 96 valence electrons. The van der Waals surface area contributed by atoms with Gasteiger partial charge >= 0.3 is 6.18 Å². The molecule has 1 aliphatic rings. The molecule has 2 unspecified atom stereocenters. The van der Waals surface area contributed by atoms with Crippen LogP contribution in [0.5, 0.6) is 0 Å². The van der Waals surface area contributed by atoms with E-state index in [0.29, 0.717) is 18.9 Å². The summed E-state index contributed by atoms with van der Waals surface area (Å²) in [5, 5.41) is 0. The van der Waals surface area contributed by atoms with E-state index in [1.54, 1.807) is 0 Å². The van der Waals surface area contributed by atoms with Crippen molar-refractivity contribution in [1.82, 2.24) is 5.48 Å². The lowest BCUT2D eigenvalue weighted by Gasteiger charge is -2.30. The number of alkyl halides is 3. The summed E-state index contributed by atoms with van der Waals surface area (Å²) in [6.07, 6.45) is -2.27. The maximum Gasteiger partial charge on any atom is 0.391 e. The number of hydrogen-bond acceptors (Lipinski definition) is 2. The first kappa shape index (κ1) is 13.8. The van der Waals surface area contributed by atoms with Crippen molar-refractivity contribution < 1.29 is 18.0 Å². The second-order valence-electron chi connectivity index (χ2n) is 4.92. The predicted octanol–water partition coefficient (Wildman–Crippen LogP) is 3.28. The van der Waals surface area contributed by atoms with Gasteiger partial charge in [0.25, 0.3) is 0 Å². The van der Waals surface area contributed by atoms with Crippen LogP contribution in [0.2, 0.25) is 0 Å². The minimum Gasteiger partial charge on any atom is -0.301 e. The summed E-state index contributed by atoms with van der Waals surface area (Å²) in [5.74, 6) is -0.782. The van der Waals surface area contributed by atoms with Crippen molar-refractivity contribution in [1.29, 1.82) is 0 Å². The monoisotopic (exact) mass is 239 g/mol. The molecule has 0 radical (unpaired) electrons. The highest BCUT2D eigenvalue weighted by atomic mass is 19.4. The molecule has 16 heavy (non-hydrogen) atoms. The van der Waals surface area contributed by atoms with Crippen molar-refractivity contribution in [3.63, 3.8) is 0 Å². The van der Waals surface area contributed by atoms with E-state index < -0.39 is 12.1 Å². The fourth-order valence-corrected chi connectivity index (χ4v) is 1.93. The third kappa shape index (κ3) is 4.70. The second-order valence-corrected chi connectivity index (χ2v) is 4.92. The van der Waals surface area contributed by atoms with Crippen LogP contribution in [-0.2, 0) is 4.84 Å². The van der Waals surface area contributed by atoms with Crippen LogP contribution in [0.4, 0.5) is 13.2 Å². The number of nitrogens with one attached hydrogen (secondary N) is 1. The molecule has 1 N–H and O–H groups in total. The van der Waals surface area contributed by atoms with E-state index in [9.17, 15) is 13.2 Å². The summed E-state index contributed by atoms with van der Waals surface area (Å²) in [7, 11) is 0. The molecular formula is C11H20F3NO. The first-order valence-corrected chi connectivity index (χ1v) is 5.83. The lowest BCUT2D eigenvalue weighted by molar-refractivity contribution is -0.187. The molecule has 0 aromatic carbocycles. The van der Waals surface area contributed by atoms with Crippen molar-refractivity contribution >= 4 is 0 Å². The Hall–Kier alpha value is -0.290. The highest BCUT2D eigenvalue weighted by Gasteiger charge is 2.42. The molecule has 1 saturated carbocycles. The largest absolute Gasteiger partial charge is 0.391 e.